The Hall–Kier alpha value is -0.650. The molecule has 0 spiro atoms. The number of nitrogens with one attached hydrogen (secondary N) is 1. The molecule has 0 aromatic carbocycles. The molecule has 1 fully saturated rings. The van der Waals surface area contributed by atoms with Gasteiger partial charge in [-0.15, -0.1) is 22.9 Å². The largest absolute Gasteiger partial charge is 0.353 e. The number of hydrogen-bond donors (Lipinski definition) is 1. The Labute approximate surface area is 110 Å². The predicted octanol–water partition coefficient (Wildman–Crippen LogP) is 1.64. The molecular weight excluding hydrogens is 258 g/mol. The molecule has 2 rings (SSSR count). The molecule has 1 amide bonds. The number of rotatable bonds is 5. The van der Waals surface area contributed by atoms with E-state index in [1.807, 2.05) is 11.6 Å². The van der Waals surface area contributed by atoms with Crippen molar-refractivity contribution < 1.29 is 4.79 Å². The average Bonchev–Trinajstić information content (AvgIpc) is 3.01. The van der Waals surface area contributed by atoms with E-state index in [0.717, 1.165) is 18.1 Å². The minimum Gasteiger partial charge on any atom is -0.353 e. The van der Waals surface area contributed by atoms with Crippen molar-refractivity contribution >= 4 is 28.8 Å². The van der Waals surface area contributed by atoms with Crippen LogP contribution in [0.4, 0.5) is 0 Å². The molecule has 4 nitrogen and oxygen atoms in total. The van der Waals surface area contributed by atoms with E-state index in [9.17, 15) is 4.79 Å². The highest BCUT2D eigenvalue weighted by atomic mass is 35.5. The highest BCUT2D eigenvalue weighted by Gasteiger charge is 2.25. The minimum absolute atomic E-state index is 0.0184. The van der Waals surface area contributed by atoms with Crippen LogP contribution in [0.1, 0.15) is 23.9 Å². The van der Waals surface area contributed by atoms with Crippen LogP contribution >= 0.6 is 22.9 Å². The Bertz CT molecular complexity index is 352. The predicted molar refractivity (Wildman–Crippen MR) is 69.4 cm³/mol. The van der Waals surface area contributed by atoms with Gasteiger partial charge in [0.25, 0.3) is 0 Å². The fourth-order valence-electron chi connectivity index (χ4n) is 2.08. The lowest BCUT2D eigenvalue weighted by molar-refractivity contribution is -0.118. The molecule has 17 heavy (non-hydrogen) atoms. The van der Waals surface area contributed by atoms with Crippen LogP contribution in [0, 0.1) is 0 Å². The Balaban J connectivity index is 1.99. The Kier molecular flexibility index (Phi) is 4.76. The van der Waals surface area contributed by atoms with Crippen LogP contribution in [0.25, 0.3) is 0 Å². The third-order valence-corrected chi connectivity index (χ3v) is 4.05. The van der Waals surface area contributed by atoms with E-state index in [1.165, 1.54) is 12.8 Å². The van der Waals surface area contributed by atoms with Gasteiger partial charge in [-0.2, -0.15) is 0 Å². The Morgan fingerprint density at radius 2 is 2.35 bits per heavy atom. The lowest BCUT2D eigenvalue weighted by atomic mass is 10.2. The molecule has 1 aliphatic heterocycles. The summed E-state index contributed by atoms with van der Waals surface area (Å²) in [4.78, 5) is 18.0. The molecule has 0 aliphatic carbocycles. The van der Waals surface area contributed by atoms with Crippen molar-refractivity contribution in [3.63, 3.8) is 0 Å². The third-order valence-electron chi connectivity index (χ3n) is 2.93. The SMILES string of the molecule is O=C(CCl)NCC(c1nccs1)N1CCCC1. The lowest BCUT2D eigenvalue weighted by Gasteiger charge is -2.25. The van der Waals surface area contributed by atoms with Gasteiger partial charge in [-0.25, -0.2) is 4.98 Å². The second-order valence-corrected chi connectivity index (χ2v) is 5.26. The number of aromatic nitrogens is 1. The van der Waals surface area contributed by atoms with E-state index >= 15 is 0 Å². The number of carbonyl (C=O) groups is 1. The molecular formula is C11H16ClN3OS. The molecule has 6 heteroatoms. The van der Waals surface area contributed by atoms with Gasteiger partial charge in [0.2, 0.25) is 5.91 Å². The van der Waals surface area contributed by atoms with E-state index < -0.39 is 0 Å². The fraction of sp³-hybridized carbons (Fsp3) is 0.636. The summed E-state index contributed by atoms with van der Waals surface area (Å²) >= 11 is 7.12. The van der Waals surface area contributed by atoms with Crippen LogP contribution < -0.4 is 5.32 Å². The minimum atomic E-state index is -0.118. The van der Waals surface area contributed by atoms with Crippen molar-refractivity contribution in [2.75, 3.05) is 25.5 Å². The van der Waals surface area contributed by atoms with Gasteiger partial charge < -0.3 is 5.32 Å². The average molecular weight is 274 g/mol. The van der Waals surface area contributed by atoms with Gasteiger partial charge in [0.15, 0.2) is 0 Å². The van der Waals surface area contributed by atoms with Crippen molar-refractivity contribution in [3.05, 3.63) is 16.6 Å². The quantitative estimate of drug-likeness (QED) is 0.830. The van der Waals surface area contributed by atoms with Crippen LogP contribution in [0.2, 0.25) is 0 Å². The molecule has 0 bridgehead atoms. The van der Waals surface area contributed by atoms with Gasteiger partial charge in [0, 0.05) is 18.1 Å². The molecule has 1 unspecified atom stereocenters. The first-order chi connectivity index (χ1) is 8.31. The van der Waals surface area contributed by atoms with E-state index in [0.29, 0.717) is 6.54 Å². The van der Waals surface area contributed by atoms with Gasteiger partial charge >= 0.3 is 0 Å². The summed E-state index contributed by atoms with van der Waals surface area (Å²) in [5.74, 6) is -0.0997. The molecule has 94 valence electrons. The van der Waals surface area contributed by atoms with Crippen molar-refractivity contribution in [1.82, 2.24) is 15.2 Å². The number of alkyl halides is 1. The van der Waals surface area contributed by atoms with E-state index in [4.69, 9.17) is 11.6 Å². The number of carbonyl (C=O) groups excluding carboxylic acids is 1. The van der Waals surface area contributed by atoms with Crippen LogP contribution in [-0.2, 0) is 4.79 Å². The van der Waals surface area contributed by atoms with Crippen LogP contribution in [0.3, 0.4) is 0 Å². The second kappa shape index (κ2) is 6.33. The zero-order chi connectivity index (χ0) is 12.1. The smallest absolute Gasteiger partial charge is 0.234 e. The molecule has 1 aliphatic rings. The monoisotopic (exact) mass is 273 g/mol. The van der Waals surface area contributed by atoms with Crippen LogP contribution in [0.5, 0.6) is 0 Å². The maximum Gasteiger partial charge on any atom is 0.234 e. The summed E-state index contributed by atoms with van der Waals surface area (Å²) in [6.45, 7) is 2.76. The van der Waals surface area contributed by atoms with Crippen molar-refractivity contribution in [2.24, 2.45) is 0 Å². The standard InChI is InChI=1S/C11H16ClN3OS/c12-7-10(16)14-8-9(11-13-3-6-17-11)15-4-1-2-5-15/h3,6,9H,1-2,4-5,7-8H2,(H,14,16). The van der Waals surface area contributed by atoms with Gasteiger partial charge in [-0.3, -0.25) is 9.69 Å². The molecule has 1 atom stereocenters. The maximum atomic E-state index is 11.2. The zero-order valence-electron chi connectivity index (χ0n) is 9.56. The molecule has 1 saturated heterocycles. The second-order valence-electron chi connectivity index (χ2n) is 4.07. The Morgan fingerprint density at radius 1 is 1.59 bits per heavy atom. The van der Waals surface area contributed by atoms with Crippen molar-refractivity contribution in [1.29, 1.82) is 0 Å². The van der Waals surface area contributed by atoms with Crippen LogP contribution in [-0.4, -0.2) is 41.3 Å². The van der Waals surface area contributed by atoms with Gasteiger partial charge in [0.05, 0.1) is 6.04 Å². The highest BCUT2D eigenvalue weighted by molar-refractivity contribution is 7.09. The van der Waals surface area contributed by atoms with Gasteiger partial charge in [-0.1, -0.05) is 0 Å². The van der Waals surface area contributed by atoms with Crippen molar-refractivity contribution in [2.45, 2.75) is 18.9 Å². The topological polar surface area (TPSA) is 45.2 Å². The van der Waals surface area contributed by atoms with Gasteiger partial charge in [0.1, 0.15) is 10.9 Å². The lowest BCUT2D eigenvalue weighted by Crippen LogP contribution is -2.37. The summed E-state index contributed by atoms with van der Waals surface area (Å²) < 4.78 is 0. The number of amides is 1. The first-order valence-electron chi connectivity index (χ1n) is 5.77. The third kappa shape index (κ3) is 3.40. The Morgan fingerprint density at radius 3 is 2.94 bits per heavy atom. The summed E-state index contributed by atoms with van der Waals surface area (Å²) in [6, 6.07) is 0.199. The first kappa shape index (κ1) is 12.8. The van der Waals surface area contributed by atoms with E-state index in [-0.39, 0.29) is 17.8 Å². The number of hydrogen-bond acceptors (Lipinski definition) is 4. The number of nitrogens with zero attached hydrogens (tertiary/aromatic N) is 2. The molecule has 1 aromatic heterocycles. The van der Waals surface area contributed by atoms with Crippen molar-refractivity contribution in [3.8, 4) is 0 Å². The molecule has 2 heterocycles. The molecule has 1 aromatic rings. The summed E-state index contributed by atoms with van der Waals surface area (Å²) in [5.41, 5.74) is 0. The zero-order valence-corrected chi connectivity index (χ0v) is 11.1. The van der Waals surface area contributed by atoms with E-state index in [2.05, 4.69) is 15.2 Å². The molecule has 0 radical (unpaired) electrons. The van der Waals surface area contributed by atoms with E-state index in [1.54, 1.807) is 11.3 Å². The first-order valence-corrected chi connectivity index (χ1v) is 7.19. The van der Waals surface area contributed by atoms with Gasteiger partial charge in [-0.05, 0) is 25.9 Å². The summed E-state index contributed by atoms with van der Waals surface area (Å²) in [7, 11) is 0. The summed E-state index contributed by atoms with van der Waals surface area (Å²) in [5, 5.41) is 5.90. The summed E-state index contributed by atoms with van der Waals surface area (Å²) in [6.07, 6.45) is 4.27. The fourth-order valence-corrected chi connectivity index (χ4v) is 2.95. The normalized spacial score (nSPS) is 18.2. The number of halogens is 1. The number of thiazole rings is 1. The molecule has 0 saturated carbocycles. The highest BCUT2D eigenvalue weighted by Crippen LogP contribution is 2.25. The maximum absolute atomic E-state index is 11.2. The number of likely N-dealkylation sites (tertiary alicyclic amines) is 1. The molecule has 1 N–H and O–H groups in total. The van der Waals surface area contributed by atoms with Crippen LogP contribution in [0.15, 0.2) is 11.6 Å².